The second kappa shape index (κ2) is 9.46. The summed E-state index contributed by atoms with van der Waals surface area (Å²) in [7, 11) is 0. The number of nitrogens with zero attached hydrogens (tertiary/aromatic N) is 3. The first kappa shape index (κ1) is 21.9. The Morgan fingerprint density at radius 2 is 1.94 bits per heavy atom. The summed E-state index contributed by atoms with van der Waals surface area (Å²) < 4.78 is 21.4. The van der Waals surface area contributed by atoms with Gasteiger partial charge in [0.2, 0.25) is 5.69 Å². The Morgan fingerprint density at radius 3 is 2.62 bits per heavy atom. The van der Waals surface area contributed by atoms with Gasteiger partial charge in [-0.05, 0) is 43.2 Å². The number of aromatic nitrogens is 3. The zero-order valence-electron chi connectivity index (χ0n) is 17.0. The van der Waals surface area contributed by atoms with Crippen molar-refractivity contribution in [3.63, 3.8) is 0 Å². The molecule has 0 bridgehead atoms. The van der Waals surface area contributed by atoms with Crippen molar-refractivity contribution in [1.29, 1.82) is 0 Å². The second-order valence-electron chi connectivity index (χ2n) is 7.35. The number of halogens is 2. The Hall–Kier alpha value is -3.30. The fraction of sp³-hybridized carbons (Fsp3) is 0.273. The van der Waals surface area contributed by atoms with Gasteiger partial charge in [0, 0.05) is 23.7 Å². The molecule has 2 heterocycles. The van der Waals surface area contributed by atoms with Crippen LogP contribution in [0.4, 0.5) is 4.39 Å². The molecule has 1 aromatic heterocycles. The molecule has 1 aliphatic heterocycles. The molecule has 1 atom stereocenters. The maximum Gasteiger partial charge on any atom is 0.352 e. The average Bonchev–Trinajstić information content (AvgIpc) is 3.31. The van der Waals surface area contributed by atoms with Crippen LogP contribution in [0.25, 0.3) is 5.69 Å². The number of nitrogens with one attached hydrogen (secondary N) is 1. The summed E-state index contributed by atoms with van der Waals surface area (Å²) >= 11 is 5.92. The Balaban J connectivity index is 1.77. The van der Waals surface area contributed by atoms with Gasteiger partial charge >= 0.3 is 5.69 Å². The first-order valence-electron chi connectivity index (χ1n) is 10.1. The van der Waals surface area contributed by atoms with Gasteiger partial charge in [-0.2, -0.15) is 9.78 Å². The Kier molecular flexibility index (Phi) is 6.48. The molecule has 0 aliphatic carbocycles. The van der Waals surface area contributed by atoms with Crippen LogP contribution in [0.15, 0.2) is 58.1 Å². The van der Waals surface area contributed by atoms with Crippen LogP contribution in [0, 0.1) is 5.82 Å². The molecule has 1 fully saturated rings. The highest BCUT2D eigenvalue weighted by Crippen LogP contribution is 2.12. The van der Waals surface area contributed by atoms with E-state index in [1.807, 2.05) is 0 Å². The number of hydrogen-bond donors (Lipinski definition) is 1. The van der Waals surface area contributed by atoms with Gasteiger partial charge in [0.15, 0.2) is 0 Å². The van der Waals surface area contributed by atoms with Crippen molar-refractivity contribution in [2.75, 3.05) is 13.2 Å². The number of carbonyl (C=O) groups excluding carboxylic acids is 1. The molecule has 0 unspecified atom stereocenters. The van der Waals surface area contributed by atoms with Gasteiger partial charge < -0.3 is 10.1 Å². The number of hydrogen-bond acceptors (Lipinski definition) is 5. The lowest BCUT2D eigenvalue weighted by Crippen LogP contribution is -2.46. The van der Waals surface area contributed by atoms with Crippen LogP contribution in [0.3, 0.4) is 0 Å². The molecule has 10 heteroatoms. The maximum absolute atomic E-state index is 14.2. The summed E-state index contributed by atoms with van der Waals surface area (Å²) in [5.74, 6) is -1.31. The minimum absolute atomic E-state index is 0.131. The van der Waals surface area contributed by atoms with E-state index in [0.717, 1.165) is 22.1 Å². The Morgan fingerprint density at radius 1 is 1.19 bits per heavy atom. The quantitative estimate of drug-likeness (QED) is 0.610. The molecule has 1 saturated heterocycles. The van der Waals surface area contributed by atoms with E-state index >= 15 is 0 Å². The highest BCUT2D eigenvalue weighted by molar-refractivity contribution is 6.30. The van der Waals surface area contributed by atoms with E-state index in [1.165, 1.54) is 30.3 Å². The molecule has 3 aromatic rings. The third-order valence-corrected chi connectivity index (χ3v) is 5.40. The largest absolute Gasteiger partial charge is 0.376 e. The molecule has 1 amide bonds. The summed E-state index contributed by atoms with van der Waals surface area (Å²) in [5, 5.41) is 7.10. The van der Waals surface area contributed by atoms with Crippen molar-refractivity contribution >= 4 is 17.5 Å². The Labute approximate surface area is 187 Å². The van der Waals surface area contributed by atoms with Crippen LogP contribution in [-0.2, 0) is 11.3 Å². The molecule has 4 rings (SSSR count). The second-order valence-corrected chi connectivity index (χ2v) is 7.78. The molecule has 0 saturated carbocycles. The highest BCUT2D eigenvalue weighted by atomic mass is 35.5. The number of ether oxygens (including phenoxy) is 1. The van der Waals surface area contributed by atoms with Crippen LogP contribution in [-0.4, -0.2) is 39.5 Å². The third-order valence-electron chi connectivity index (χ3n) is 5.15. The SMILES string of the molecule is O=C(NC[C@@H]1CCCO1)c1nn(-c2ccc(Cl)cc2)c(=O)n(Cc2ccccc2F)c1=O. The summed E-state index contributed by atoms with van der Waals surface area (Å²) in [6.45, 7) is 0.482. The van der Waals surface area contributed by atoms with Crippen molar-refractivity contribution in [2.24, 2.45) is 0 Å². The number of amides is 1. The van der Waals surface area contributed by atoms with E-state index in [9.17, 15) is 18.8 Å². The first-order valence-corrected chi connectivity index (χ1v) is 10.4. The molecular weight excluding hydrogens is 439 g/mol. The van der Waals surface area contributed by atoms with Gasteiger partial charge in [0.25, 0.3) is 11.5 Å². The average molecular weight is 459 g/mol. The molecule has 0 spiro atoms. The van der Waals surface area contributed by atoms with Gasteiger partial charge in [-0.1, -0.05) is 29.8 Å². The van der Waals surface area contributed by atoms with Crippen LogP contribution in [0.1, 0.15) is 28.9 Å². The molecule has 1 aliphatic rings. The zero-order chi connectivity index (χ0) is 22.7. The van der Waals surface area contributed by atoms with E-state index in [1.54, 1.807) is 18.2 Å². The van der Waals surface area contributed by atoms with Crippen molar-refractivity contribution < 1.29 is 13.9 Å². The summed E-state index contributed by atoms with van der Waals surface area (Å²) in [6, 6.07) is 12.0. The van der Waals surface area contributed by atoms with E-state index in [4.69, 9.17) is 16.3 Å². The van der Waals surface area contributed by atoms with Gasteiger partial charge in [0.05, 0.1) is 18.3 Å². The van der Waals surface area contributed by atoms with E-state index in [0.29, 0.717) is 17.3 Å². The topological polar surface area (TPSA) is 95.2 Å². The predicted molar refractivity (Wildman–Crippen MR) is 116 cm³/mol. The lowest BCUT2D eigenvalue weighted by molar-refractivity contribution is 0.0849. The molecule has 1 N–H and O–H groups in total. The van der Waals surface area contributed by atoms with Crippen LogP contribution in [0.2, 0.25) is 5.02 Å². The molecule has 2 aromatic carbocycles. The van der Waals surface area contributed by atoms with E-state index in [-0.39, 0.29) is 24.8 Å². The van der Waals surface area contributed by atoms with Crippen molar-refractivity contribution in [3.8, 4) is 5.69 Å². The van der Waals surface area contributed by atoms with Gasteiger partial charge in [-0.25, -0.2) is 9.18 Å². The third kappa shape index (κ3) is 4.63. The van der Waals surface area contributed by atoms with Crippen molar-refractivity contribution in [3.05, 3.63) is 91.5 Å². The minimum Gasteiger partial charge on any atom is -0.376 e. The molecule has 166 valence electrons. The zero-order valence-corrected chi connectivity index (χ0v) is 17.7. The van der Waals surface area contributed by atoms with Crippen LogP contribution < -0.4 is 16.6 Å². The monoisotopic (exact) mass is 458 g/mol. The fourth-order valence-electron chi connectivity index (χ4n) is 3.44. The number of rotatable bonds is 6. The summed E-state index contributed by atoms with van der Waals surface area (Å²) in [5.41, 5.74) is -1.76. The van der Waals surface area contributed by atoms with Gasteiger partial charge in [0.1, 0.15) is 5.82 Å². The minimum atomic E-state index is -0.909. The number of carbonyl (C=O) groups is 1. The lowest BCUT2D eigenvalue weighted by Gasteiger charge is -2.14. The predicted octanol–water partition coefficient (Wildman–Crippen LogP) is 2.14. The summed E-state index contributed by atoms with van der Waals surface area (Å²) in [4.78, 5) is 38.9. The number of benzene rings is 2. The molecule has 32 heavy (non-hydrogen) atoms. The Bertz CT molecular complexity index is 1250. The van der Waals surface area contributed by atoms with Crippen LogP contribution >= 0.6 is 11.6 Å². The van der Waals surface area contributed by atoms with Crippen molar-refractivity contribution in [2.45, 2.75) is 25.5 Å². The normalized spacial score (nSPS) is 15.6. The maximum atomic E-state index is 14.2. The van der Waals surface area contributed by atoms with E-state index < -0.39 is 28.7 Å². The summed E-state index contributed by atoms with van der Waals surface area (Å²) in [6.07, 6.45) is 1.56. The van der Waals surface area contributed by atoms with Crippen molar-refractivity contribution in [1.82, 2.24) is 19.7 Å². The molecular formula is C22H20ClFN4O4. The first-order chi connectivity index (χ1) is 15.4. The van der Waals surface area contributed by atoms with Gasteiger partial charge in [-0.3, -0.25) is 14.2 Å². The fourth-order valence-corrected chi connectivity index (χ4v) is 3.57. The lowest BCUT2D eigenvalue weighted by atomic mass is 10.2. The highest BCUT2D eigenvalue weighted by Gasteiger charge is 2.23. The molecule has 0 radical (unpaired) electrons. The molecule has 8 nitrogen and oxygen atoms in total. The smallest absolute Gasteiger partial charge is 0.352 e. The van der Waals surface area contributed by atoms with Gasteiger partial charge in [-0.15, -0.1) is 0 Å². The van der Waals surface area contributed by atoms with E-state index in [2.05, 4.69) is 10.4 Å². The van der Waals surface area contributed by atoms with Crippen LogP contribution in [0.5, 0.6) is 0 Å². The standard InChI is InChI=1S/C22H20ClFN4O4/c23-15-7-9-16(10-8-15)28-22(31)27(13-14-4-1-2-6-18(14)24)21(30)19(26-28)20(29)25-12-17-5-3-11-32-17/h1-2,4,6-10,17H,3,5,11-13H2,(H,25,29)/t17-/m0/s1.